The standard InChI is InChI=1S/C19H38N2/c1-15(2)17-7-13-21(14-8-17)19(5,6)18-9-11-20(12-10-18)16(3)4/h15-18H,7-14H2,1-6H3. The van der Waals surface area contributed by atoms with E-state index >= 15 is 0 Å². The van der Waals surface area contributed by atoms with Gasteiger partial charge in [0.15, 0.2) is 0 Å². The summed E-state index contributed by atoms with van der Waals surface area (Å²) in [6.45, 7) is 19.7. The highest BCUT2D eigenvalue weighted by molar-refractivity contribution is 4.94. The molecule has 2 aliphatic heterocycles. The van der Waals surface area contributed by atoms with Crippen molar-refractivity contribution in [2.24, 2.45) is 17.8 Å². The smallest absolute Gasteiger partial charge is 0.0182 e. The van der Waals surface area contributed by atoms with Crippen LogP contribution in [0.15, 0.2) is 0 Å². The van der Waals surface area contributed by atoms with Crippen LogP contribution < -0.4 is 0 Å². The Kier molecular flexibility index (Phi) is 5.76. The first kappa shape index (κ1) is 17.3. The average Bonchev–Trinajstić information content (AvgIpc) is 2.47. The van der Waals surface area contributed by atoms with Crippen molar-refractivity contribution < 1.29 is 0 Å². The van der Waals surface area contributed by atoms with Gasteiger partial charge in [-0.25, -0.2) is 0 Å². The summed E-state index contributed by atoms with van der Waals surface area (Å²) in [6, 6.07) is 0.718. The van der Waals surface area contributed by atoms with Crippen LogP contribution in [0.3, 0.4) is 0 Å². The molecule has 0 spiro atoms. The minimum atomic E-state index is 0.394. The van der Waals surface area contributed by atoms with Gasteiger partial charge in [0.25, 0.3) is 0 Å². The third-order valence-corrected chi connectivity index (χ3v) is 6.56. The molecule has 0 radical (unpaired) electrons. The second kappa shape index (κ2) is 7.00. The van der Waals surface area contributed by atoms with Gasteiger partial charge < -0.3 is 4.90 Å². The first-order valence-corrected chi connectivity index (χ1v) is 9.31. The average molecular weight is 295 g/mol. The van der Waals surface area contributed by atoms with E-state index in [1.807, 2.05) is 0 Å². The van der Waals surface area contributed by atoms with Crippen LogP contribution >= 0.6 is 0 Å². The molecule has 0 aromatic carbocycles. The second-order valence-corrected chi connectivity index (χ2v) is 8.63. The number of piperidine rings is 2. The lowest BCUT2D eigenvalue weighted by atomic mass is 9.76. The molecule has 0 bridgehead atoms. The van der Waals surface area contributed by atoms with E-state index in [1.54, 1.807) is 0 Å². The maximum absolute atomic E-state index is 2.81. The zero-order valence-electron chi connectivity index (χ0n) is 15.4. The van der Waals surface area contributed by atoms with Crippen LogP contribution in [0.2, 0.25) is 0 Å². The number of likely N-dealkylation sites (tertiary alicyclic amines) is 2. The molecule has 0 aromatic heterocycles. The van der Waals surface area contributed by atoms with Crippen molar-refractivity contribution in [2.75, 3.05) is 26.2 Å². The fraction of sp³-hybridized carbons (Fsp3) is 1.00. The highest BCUT2D eigenvalue weighted by Gasteiger charge is 2.39. The van der Waals surface area contributed by atoms with Crippen molar-refractivity contribution in [2.45, 2.75) is 78.8 Å². The van der Waals surface area contributed by atoms with E-state index < -0.39 is 0 Å². The number of hydrogen-bond acceptors (Lipinski definition) is 2. The van der Waals surface area contributed by atoms with Crippen molar-refractivity contribution in [1.29, 1.82) is 0 Å². The molecule has 2 rings (SSSR count). The summed E-state index contributed by atoms with van der Waals surface area (Å²) in [7, 11) is 0. The van der Waals surface area contributed by atoms with E-state index in [2.05, 4.69) is 51.3 Å². The van der Waals surface area contributed by atoms with Crippen LogP contribution in [-0.2, 0) is 0 Å². The summed E-state index contributed by atoms with van der Waals surface area (Å²) in [4.78, 5) is 5.46. The maximum atomic E-state index is 2.81. The molecule has 2 aliphatic rings. The second-order valence-electron chi connectivity index (χ2n) is 8.63. The lowest BCUT2D eigenvalue weighted by molar-refractivity contribution is -0.00379. The van der Waals surface area contributed by atoms with E-state index in [-0.39, 0.29) is 0 Å². The van der Waals surface area contributed by atoms with Gasteiger partial charge in [-0.1, -0.05) is 13.8 Å². The van der Waals surface area contributed by atoms with Gasteiger partial charge in [0.1, 0.15) is 0 Å². The van der Waals surface area contributed by atoms with Gasteiger partial charge in [-0.15, -0.1) is 0 Å². The Morgan fingerprint density at radius 3 is 1.76 bits per heavy atom. The quantitative estimate of drug-likeness (QED) is 0.764. The Labute approximate surface area is 133 Å². The molecule has 0 N–H and O–H groups in total. The summed E-state index contributed by atoms with van der Waals surface area (Å²) in [6.07, 6.45) is 5.59. The molecule has 0 amide bonds. The predicted molar refractivity (Wildman–Crippen MR) is 92.6 cm³/mol. The molecule has 0 saturated carbocycles. The van der Waals surface area contributed by atoms with Crippen molar-refractivity contribution in [3.8, 4) is 0 Å². The normalized spacial score (nSPS) is 25.1. The van der Waals surface area contributed by atoms with Crippen LogP contribution in [0.25, 0.3) is 0 Å². The molecule has 0 aliphatic carbocycles. The van der Waals surface area contributed by atoms with Crippen LogP contribution in [0, 0.1) is 17.8 Å². The first-order valence-electron chi connectivity index (χ1n) is 9.31. The predicted octanol–water partition coefficient (Wildman–Crippen LogP) is 4.25. The van der Waals surface area contributed by atoms with Crippen LogP contribution in [0.5, 0.6) is 0 Å². The molecule has 2 saturated heterocycles. The first-order chi connectivity index (χ1) is 9.82. The lowest BCUT2D eigenvalue weighted by Crippen LogP contribution is -2.55. The van der Waals surface area contributed by atoms with E-state index in [4.69, 9.17) is 0 Å². The topological polar surface area (TPSA) is 6.48 Å². The molecular weight excluding hydrogens is 256 g/mol. The summed E-state index contributed by atoms with van der Waals surface area (Å²) in [5, 5.41) is 0. The monoisotopic (exact) mass is 294 g/mol. The summed E-state index contributed by atoms with van der Waals surface area (Å²) < 4.78 is 0. The van der Waals surface area contributed by atoms with E-state index in [1.165, 1.54) is 51.9 Å². The van der Waals surface area contributed by atoms with E-state index in [9.17, 15) is 0 Å². The highest BCUT2D eigenvalue weighted by Crippen LogP contribution is 2.36. The van der Waals surface area contributed by atoms with Crippen molar-refractivity contribution >= 4 is 0 Å². The maximum Gasteiger partial charge on any atom is 0.0182 e. The summed E-state index contributed by atoms with van der Waals surface area (Å²) >= 11 is 0. The third-order valence-electron chi connectivity index (χ3n) is 6.56. The SMILES string of the molecule is CC(C)C1CCN(C(C)(C)C2CCN(C(C)C)CC2)CC1. The molecule has 2 nitrogen and oxygen atoms in total. The van der Waals surface area contributed by atoms with E-state index in [0.717, 1.165) is 23.8 Å². The Morgan fingerprint density at radius 2 is 1.33 bits per heavy atom. The molecule has 0 aromatic rings. The molecular formula is C19H38N2. The zero-order chi connectivity index (χ0) is 15.6. The molecule has 2 fully saturated rings. The molecule has 0 unspecified atom stereocenters. The van der Waals surface area contributed by atoms with Crippen molar-refractivity contribution in [3.63, 3.8) is 0 Å². The van der Waals surface area contributed by atoms with Gasteiger partial charge in [-0.2, -0.15) is 0 Å². The number of nitrogens with zero attached hydrogens (tertiary/aromatic N) is 2. The van der Waals surface area contributed by atoms with Gasteiger partial charge in [0.2, 0.25) is 0 Å². The molecule has 21 heavy (non-hydrogen) atoms. The van der Waals surface area contributed by atoms with Crippen LogP contribution in [0.4, 0.5) is 0 Å². The van der Waals surface area contributed by atoms with Gasteiger partial charge >= 0.3 is 0 Å². The van der Waals surface area contributed by atoms with Crippen molar-refractivity contribution in [3.05, 3.63) is 0 Å². The van der Waals surface area contributed by atoms with Crippen molar-refractivity contribution in [1.82, 2.24) is 9.80 Å². The number of rotatable bonds is 4. The van der Waals surface area contributed by atoms with Gasteiger partial charge in [-0.05, 0) is 97.3 Å². The minimum Gasteiger partial charge on any atom is -0.301 e. The van der Waals surface area contributed by atoms with E-state index in [0.29, 0.717) is 5.54 Å². The van der Waals surface area contributed by atoms with Crippen LogP contribution in [0.1, 0.15) is 67.2 Å². The molecule has 124 valence electrons. The zero-order valence-corrected chi connectivity index (χ0v) is 15.4. The third kappa shape index (κ3) is 4.01. The fourth-order valence-electron chi connectivity index (χ4n) is 4.52. The molecule has 0 atom stereocenters. The Bertz CT molecular complexity index is 276. The highest BCUT2D eigenvalue weighted by atomic mass is 15.2. The lowest BCUT2D eigenvalue weighted by Gasteiger charge is -2.50. The summed E-state index contributed by atoms with van der Waals surface area (Å²) in [5.74, 6) is 2.70. The Hall–Kier alpha value is -0.0800. The summed E-state index contributed by atoms with van der Waals surface area (Å²) in [5.41, 5.74) is 0.394. The van der Waals surface area contributed by atoms with Gasteiger partial charge in [-0.3, -0.25) is 4.90 Å². The fourth-order valence-corrected chi connectivity index (χ4v) is 4.52. The van der Waals surface area contributed by atoms with Gasteiger partial charge in [0.05, 0.1) is 0 Å². The van der Waals surface area contributed by atoms with Gasteiger partial charge in [0, 0.05) is 11.6 Å². The Balaban J connectivity index is 1.88. The largest absolute Gasteiger partial charge is 0.301 e. The van der Waals surface area contributed by atoms with Crippen LogP contribution in [-0.4, -0.2) is 47.6 Å². The number of hydrogen-bond donors (Lipinski definition) is 0. The Morgan fingerprint density at radius 1 is 0.810 bits per heavy atom. The molecule has 2 heterocycles. The minimum absolute atomic E-state index is 0.394. The molecule has 2 heteroatoms.